The van der Waals surface area contributed by atoms with Crippen molar-refractivity contribution in [3.05, 3.63) is 54.6 Å². The van der Waals surface area contributed by atoms with Gasteiger partial charge in [0, 0.05) is 12.2 Å². The number of carbonyl (C=O) groups is 1. The van der Waals surface area contributed by atoms with E-state index in [-0.39, 0.29) is 11.9 Å². The number of ether oxygens (including phenoxy) is 1. The van der Waals surface area contributed by atoms with E-state index in [1.807, 2.05) is 68.7 Å². The predicted octanol–water partition coefficient (Wildman–Crippen LogP) is 2.96. The molecule has 0 saturated carbocycles. The van der Waals surface area contributed by atoms with Gasteiger partial charge in [-0.2, -0.15) is 0 Å². The summed E-state index contributed by atoms with van der Waals surface area (Å²) in [5.41, 5.74) is 0.788. The van der Waals surface area contributed by atoms with Crippen LogP contribution < -0.4 is 15.4 Å². The summed E-state index contributed by atoms with van der Waals surface area (Å²) in [4.78, 5) is 14.7. The molecule has 1 aliphatic rings. The van der Waals surface area contributed by atoms with Crippen LogP contribution in [0.15, 0.2) is 54.6 Å². The number of anilines is 1. The van der Waals surface area contributed by atoms with Gasteiger partial charge < -0.3 is 15.4 Å². The first-order valence-electron chi connectivity index (χ1n) is 8.64. The number of nitrogens with zero attached hydrogens (tertiary/aromatic N) is 1. The predicted molar refractivity (Wildman–Crippen MR) is 100 cm³/mol. The summed E-state index contributed by atoms with van der Waals surface area (Å²) in [5.74, 6) is 2.11. The van der Waals surface area contributed by atoms with Crippen LogP contribution in [0.2, 0.25) is 0 Å². The number of likely N-dealkylation sites (N-methyl/N-ethyl adjacent to an activating group) is 1. The molecule has 0 radical (unpaired) electrons. The zero-order chi connectivity index (χ0) is 17.6. The Kier molecular flexibility index (Phi) is 5.68. The summed E-state index contributed by atoms with van der Waals surface area (Å²) in [5, 5.41) is 6.20. The molecule has 0 spiro atoms. The number of benzene rings is 2. The Morgan fingerprint density at radius 1 is 1.12 bits per heavy atom. The molecule has 3 rings (SSSR count). The number of nitrogens with one attached hydrogen (secondary N) is 2. The number of para-hydroxylation sites is 1. The van der Waals surface area contributed by atoms with Crippen molar-refractivity contribution < 1.29 is 9.53 Å². The molecule has 0 unspecified atom stereocenters. The van der Waals surface area contributed by atoms with Crippen LogP contribution in [0.3, 0.4) is 0 Å². The van der Waals surface area contributed by atoms with Crippen LogP contribution in [0.1, 0.15) is 6.42 Å². The molecule has 1 aliphatic heterocycles. The van der Waals surface area contributed by atoms with E-state index >= 15 is 0 Å². The summed E-state index contributed by atoms with van der Waals surface area (Å²) >= 11 is 0. The maximum atomic E-state index is 12.5. The van der Waals surface area contributed by atoms with Gasteiger partial charge in [0.2, 0.25) is 5.91 Å². The summed E-state index contributed by atoms with van der Waals surface area (Å²) in [7, 11) is 3.96. The molecule has 0 bridgehead atoms. The fourth-order valence-corrected chi connectivity index (χ4v) is 3.30. The summed E-state index contributed by atoms with van der Waals surface area (Å²) in [6.45, 7) is 1.89. The van der Waals surface area contributed by atoms with Crippen LogP contribution >= 0.6 is 0 Å². The molecule has 1 saturated heterocycles. The standard InChI is InChI=1S/C20H25N3O2/c1-21-13-15-12-19(23(2)14-15)20(24)22-16-8-10-18(11-9-16)25-17-6-4-3-5-7-17/h3-11,15,19,21H,12-14H2,1-2H3,(H,22,24)/t15-,19-/m0/s1. The van der Waals surface area contributed by atoms with Crippen LogP contribution in [-0.2, 0) is 4.79 Å². The van der Waals surface area contributed by atoms with Crippen molar-refractivity contribution in [2.45, 2.75) is 12.5 Å². The van der Waals surface area contributed by atoms with Gasteiger partial charge in [-0.05, 0) is 69.4 Å². The van der Waals surface area contributed by atoms with Crippen molar-refractivity contribution in [2.24, 2.45) is 5.92 Å². The van der Waals surface area contributed by atoms with E-state index in [0.29, 0.717) is 5.92 Å². The van der Waals surface area contributed by atoms with E-state index in [2.05, 4.69) is 15.5 Å². The van der Waals surface area contributed by atoms with Gasteiger partial charge in [0.05, 0.1) is 6.04 Å². The lowest BCUT2D eigenvalue weighted by Crippen LogP contribution is -2.37. The SMILES string of the molecule is CNC[C@@H]1C[C@@H](C(=O)Nc2ccc(Oc3ccccc3)cc2)N(C)C1. The van der Waals surface area contributed by atoms with E-state index in [1.54, 1.807) is 0 Å². The lowest BCUT2D eigenvalue weighted by Gasteiger charge is -2.18. The number of hydrogen-bond acceptors (Lipinski definition) is 4. The number of likely N-dealkylation sites (tertiary alicyclic amines) is 1. The molecule has 25 heavy (non-hydrogen) atoms. The molecular weight excluding hydrogens is 314 g/mol. The normalized spacial score (nSPS) is 20.4. The van der Waals surface area contributed by atoms with E-state index in [1.165, 1.54) is 0 Å². The maximum Gasteiger partial charge on any atom is 0.241 e. The largest absolute Gasteiger partial charge is 0.457 e. The van der Waals surface area contributed by atoms with Gasteiger partial charge in [-0.3, -0.25) is 9.69 Å². The molecule has 1 heterocycles. The van der Waals surface area contributed by atoms with E-state index in [9.17, 15) is 4.79 Å². The molecule has 132 valence electrons. The lowest BCUT2D eigenvalue weighted by atomic mass is 10.1. The summed E-state index contributed by atoms with van der Waals surface area (Å²) in [6.07, 6.45) is 0.887. The smallest absolute Gasteiger partial charge is 0.241 e. The number of hydrogen-bond donors (Lipinski definition) is 2. The van der Waals surface area contributed by atoms with Crippen molar-refractivity contribution in [2.75, 3.05) is 32.5 Å². The Labute approximate surface area is 149 Å². The molecule has 0 aliphatic carbocycles. The molecule has 2 N–H and O–H groups in total. The molecule has 1 amide bonds. The Hall–Kier alpha value is -2.37. The quantitative estimate of drug-likeness (QED) is 0.850. The van der Waals surface area contributed by atoms with Gasteiger partial charge in [0.1, 0.15) is 11.5 Å². The molecule has 2 aromatic rings. The molecule has 5 heteroatoms. The van der Waals surface area contributed by atoms with Gasteiger partial charge in [-0.15, -0.1) is 0 Å². The second kappa shape index (κ2) is 8.14. The van der Waals surface area contributed by atoms with E-state index < -0.39 is 0 Å². The minimum atomic E-state index is -0.0707. The molecule has 0 aromatic heterocycles. The molecule has 1 fully saturated rings. The van der Waals surface area contributed by atoms with Crippen LogP contribution in [0, 0.1) is 5.92 Å². The third-order valence-corrected chi connectivity index (χ3v) is 4.53. The molecule has 5 nitrogen and oxygen atoms in total. The Bertz CT molecular complexity index is 688. The van der Waals surface area contributed by atoms with Crippen LogP contribution in [0.4, 0.5) is 5.69 Å². The van der Waals surface area contributed by atoms with Crippen LogP contribution in [0.5, 0.6) is 11.5 Å². The minimum absolute atomic E-state index is 0.0535. The monoisotopic (exact) mass is 339 g/mol. The Morgan fingerprint density at radius 2 is 1.80 bits per heavy atom. The fraction of sp³-hybridized carbons (Fsp3) is 0.350. The van der Waals surface area contributed by atoms with Gasteiger partial charge in [0.25, 0.3) is 0 Å². The highest BCUT2D eigenvalue weighted by Gasteiger charge is 2.33. The lowest BCUT2D eigenvalue weighted by molar-refractivity contribution is -0.119. The van der Waals surface area contributed by atoms with Crippen LogP contribution in [0.25, 0.3) is 0 Å². The van der Waals surface area contributed by atoms with Gasteiger partial charge in [0.15, 0.2) is 0 Å². The van der Waals surface area contributed by atoms with Gasteiger partial charge in [-0.1, -0.05) is 18.2 Å². The number of rotatable bonds is 6. The number of amides is 1. The average Bonchev–Trinajstić information content (AvgIpc) is 2.98. The summed E-state index contributed by atoms with van der Waals surface area (Å²) < 4.78 is 5.77. The van der Waals surface area contributed by atoms with Crippen molar-refractivity contribution >= 4 is 11.6 Å². The summed E-state index contributed by atoms with van der Waals surface area (Å²) in [6, 6.07) is 17.0. The molecule has 2 atom stereocenters. The highest BCUT2D eigenvalue weighted by molar-refractivity contribution is 5.95. The van der Waals surface area contributed by atoms with Gasteiger partial charge in [-0.25, -0.2) is 0 Å². The molecular formula is C20H25N3O2. The van der Waals surface area contributed by atoms with Crippen molar-refractivity contribution in [3.8, 4) is 11.5 Å². The first kappa shape index (κ1) is 17.5. The van der Waals surface area contributed by atoms with Crippen molar-refractivity contribution in [1.29, 1.82) is 0 Å². The van der Waals surface area contributed by atoms with Crippen molar-refractivity contribution in [1.82, 2.24) is 10.2 Å². The Morgan fingerprint density at radius 3 is 2.48 bits per heavy atom. The van der Waals surface area contributed by atoms with Crippen molar-refractivity contribution in [3.63, 3.8) is 0 Å². The third-order valence-electron chi connectivity index (χ3n) is 4.53. The average molecular weight is 339 g/mol. The van der Waals surface area contributed by atoms with E-state index in [4.69, 9.17) is 4.74 Å². The van der Waals surface area contributed by atoms with Gasteiger partial charge >= 0.3 is 0 Å². The maximum absolute atomic E-state index is 12.5. The van der Waals surface area contributed by atoms with Crippen LogP contribution in [-0.4, -0.2) is 44.0 Å². The second-order valence-corrected chi connectivity index (χ2v) is 6.54. The highest BCUT2D eigenvalue weighted by Crippen LogP contribution is 2.25. The fourth-order valence-electron chi connectivity index (χ4n) is 3.30. The second-order valence-electron chi connectivity index (χ2n) is 6.54. The van der Waals surface area contributed by atoms with E-state index in [0.717, 1.165) is 36.7 Å². The third kappa shape index (κ3) is 4.59. The zero-order valence-electron chi connectivity index (χ0n) is 14.7. The first-order valence-corrected chi connectivity index (χ1v) is 8.64. The minimum Gasteiger partial charge on any atom is -0.457 e. The highest BCUT2D eigenvalue weighted by atomic mass is 16.5. The first-order chi connectivity index (χ1) is 12.2. The number of carbonyl (C=O) groups excluding carboxylic acids is 1. The zero-order valence-corrected chi connectivity index (χ0v) is 14.7. The molecule has 2 aromatic carbocycles. The Balaban J connectivity index is 1.57. The topological polar surface area (TPSA) is 53.6 Å².